The molecule has 1 N–H and O–H groups in total. The number of rotatable bonds is 6. The molecule has 1 rings (SSSR count). The third kappa shape index (κ3) is 3.69. The minimum Gasteiger partial charge on any atom is -0.307 e. The highest BCUT2D eigenvalue weighted by Gasteiger charge is 2.40. The molecule has 0 saturated heterocycles. The molecule has 0 radical (unpaired) electrons. The van der Waals surface area contributed by atoms with Gasteiger partial charge in [0.1, 0.15) is 0 Å². The molecule has 0 amide bonds. The summed E-state index contributed by atoms with van der Waals surface area (Å²) in [5.41, 5.74) is 1.53. The van der Waals surface area contributed by atoms with Crippen molar-refractivity contribution in [3.05, 3.63) is 17.5 Å². The monoisotopic (exact) mass is 267 g/mol. The van der Waals surface area contributed by atoms with Crippen molar-refractivity contribution >= 4 is 0 Å². The molecule has 1 heterocycles. The molecule has 0 atom stereocenters. The fourth-order valence-electron chi connectivity index (χ4n) is 1.62. The SMILES string of the molecule is CC(C)c1nn(C)cc1CNCC(F)(F)C(F)F. The molecule has 0 fully saturated rings. The molecule has 18 heavy (non-hydrogen) atoms. The maximum absolute atomic E-state index is 12.7. The van der Waals surface area contributed by atoms with Gasteiger partial charge in [0.05, 0.1) is 12.2 Å². The Morgan fingerprint density at radius 2 is 2.00 bits per heavy atom. The second kappa shape index (κ2) is 5.69. The Morgan fingerprint density at radius 3 is 2.50 bits per heavy atom. The summed E-state index contributed by atoms with van der Waals surface area (Å²) in [5, 5.41) is 6.55. The van der Waals surface area contributed by atoms with E-state index in [1.807, 2.05) is 13.8 Å². The minimum atomic E-state index is -4.00. The topological polar surface area (TPSA) is 29.9 Å². The average Bonchev–Trinajstić information content (AvgIpc) is 2.59. The van der Waals surface area contributed by atoms with Crippen LogP contribution in [0.15, 0.2) is 6.20 Å². The number of aryl methyl sites for hydroxylation is 1. The first-order chi connectivity index (χ1) is 8.24. The number of halogens is 4. The number of alkyl halides is 4. The standard InChI is InChI=1S/C11H17F4N3/c1-7(2)9-8(5-18(3)17-9)4-16-6-11(14,15)10(12)13/h5,7,10,16H,4,6H2,1-3H3. The second-order valence-electron chi connectivity index (χ2n) is 4.53. The van der Waals surface area contributed by atoms with Crippen molar-refractivity contribution < 1.29 is 17.6 Å². The van der Waals surface area contributed by atoms with Gasteiger partial charge in [-0.2, -0.15) is 13.9 Å². The van der Waals surface area contributed by atoms with Crippen LogP contribution in [0.4, 0.5) is 17.6 Å². The molecular formula is C11H17F4N3. The second-order valence-corrected chi connectivity index (χ2v) is 4.53. The van der Waals surface area contributed by atoms with Crippen LogP contribution in [-0.2, 0) is 13.6 Å². The predicted octanol–water partition coefficient (Wildman–Crippen LogP) is 2.53. The number of nitrogens with one attached hydrogen (secondary N) is 1. The van der Waals surface area contributed by atoms with E-state index in [1.165, 1.54) is 0 Å². The lowest BCUT2D eigenvalue weighted by molar-refractivity contribution is -0.125. The highest BCUT2D eigenvalue weighted by atomic mass is 19.3. The molecule has 0 aromatic carbocycles. The van der Waals surface area contributed by atoms with Crippen LogP contribution in [0.2, 0.25) is 0 Å². The molecule has 0 aliphatic rings. The molecule has 1 aromatic heterocycles. The minimum absolute atomic E-state index is 0.101. The summed E-state index contributed by atoms with van der Waals surface area (Å²) in [6.07, 6.45) is -1.95. The zero-order valence-corrected chi connectivity index (χ0v) is 10.6. The number of aromatic nitrogens is 2. The molecule has 0 unspecified atom stereocenters. The van der Waals surface area contributed by atoms with Crippen LogP contribution >= 0.6 is 0 Å². The average molecular weight is 267 g/mol. The third-order valence-electron chi connectivity index (χ3n) is 2.48. The van der Waals surface area contributed by atoms with Gasteiger partial charge >= 0.3 is 12.3 Å². The van der Waals surface area contributed by atoms with E-state index < -0.39 is 18.9 Å². The normalized spacial score (nSPS) is 12.7. The molecule has 0 saturated carbocycles. The van der Waals surface area contributed by atoms with Crippen LogP contribution < -0.4 is 5.32 Å². The van der Waals surface area contributed by atoms with Crippen molar-refractivity contribution in [2.45, 2.75) is 38.7 Å². The van der Waals surface area contributed by atoms with E-state index in [2.05, 4.69) is 10.4 Å². The zero-order valence-electron chi connectivity index (χ0n) is 10.6. The van der Waals surface area contributed by atoms with E-state index in [0.29, 0.717) is 0 Å². The Labute approximate surface area is 103 Å². The molecule has 1 aromatic rings. The Bertz CT molecular complexity index is 388. The van der Waals surface area contributed by atoms with Crippen molar-refractivity contribution in [2.24, 2.45) is 7.05 Å². The number of hydrogen-bond acceptors (Lipinski definition) is 2. The lowest BCUT2D eigenvalue weighted by Crippen LogP contribution is -2.38. The van der Waals surface area contributed by atoms with E-state index in [9.17, 15) is 17.6 Å². The Morgan fingerprint density at radius 1 is 1.39 bits per heavy atom. The summed E-state index contributed by atoms with van der Waals surface area (Å²) in [7, 11) is 1.73. The molecule has 0 spiro atoms. The highest BCUT2D eigenvalue weighted by Crippen LogP contribution is 2.22. The van der Waals surface area contributed by atoms with Gasteiger partial charge in [-0.3, -0.25) is 4.68 Å². The molecular weight excluding hydrogens is 250 g/mol. The largest absolute Gasteiger partial charge is 0.319 e. The first kappa shape index (κ1) is 14.9. The maximum Gasteiger partial charge on any atom is 0.319 e. The van der Waals surface area contributed by atoms with E-state index in [0.717, 1.165) is 11.3 Å². The number of hydrogen-bond donors (Lipinski definition) is 1. The van der Waals surface area contributed by atoms with E-state index in [4.69, 9.17) is 0 Å². The first-order valence-corrected chi connectivity index (χ1v) is 5.63. The summed E-state index contributed by atoms with van der Waals surface area (Å²) < 4.78 is 50.8. The fraction of sp³-hybridized carbons (Fsp3) is 0.727. The van der Waals surface area contributed by atoms with Gasteiger partial charge in [0.15, 0.2) is 0 Å². The van der Waals surface area contributed by atoms with E-state index in [-0.39, 0.29) is 12.5 Å². The van der Waals surface area contributed by atoms with Gasteiger partial charge < -0.3 is 5.32 Å². The molecule has 0 aliphatic heterocycles. The van der Waals surface area contributed by atoms with Gasteiger partial charge in [0, 0.05) is 25.4 Å². The smallest absolute Gasteiger partial charge is 0.307 e. The van der Waals surface area contributed by atoms with Crippen molar-refractivity contribution in [1.29, 1.82) is 0 Å². The molecule has 104 valence electrons. The zero-order chi connectivity index (χ0) is 13.9. The lowest BCUT2D eigenvalue weighted by Gasteiger charge is -2.15. The molecule has 3 nitrogen and oxygen atoms in total. The molecule has 0 aliphatic carbocycles. The van der Waals surface area contributed by atoms with Gasteiger partial charge in [0.2, 0.25) is 0 Å². The lowest BCUT2D eigenvalue weighted by atomic mass is 10.1. The third-order valence-corrected chi connectivity index (χ3v) is 2.48. The summed E-state index contributed by atoms with van der Waals surface area (Å²) in [5.74, 6) is -3.85. The Kier molecular flexibility index (Phi) is 4.72. The summed E-state index contributed by atoms with van der Waals surface area (Å²) >= 11 is 0. The van der Waals surface area contributed by atoms with Crippen LogP contribution in [0.5, 0.6) is 0 Å². The van der Waals surface area contributed by atoms with Crippen LogP contribution in [0.25, 0.3) is 0 Å². The maximum atomic E-state index is 12.7. The molecule has 0 bridgehead atoms. The Balaban J connectivity index is 2.59. The fourth-order valence-corrected chi connectivity index (χ4v) is 1.62. The first-order valence-electron chi connectivity index (χ1n) is 5.63. The van der Waals surface area contributed by atoms with Gasteiger partial charge in [0.25, 0.3) is 0 Å². The van der Waals surface area contributed by atoms with Crippen molar-refractivity contribution in [3.63, 3.8) is 0 Å². The quantitative estimate of drug-likeness (QED) is 0.803. The van der Waals surface area contributed by atoms with Crippen molar-refractivity contribution in [3.8, 4) is 0 Å². The van der Waals surface area contributed by atoms with Crippen LogP contribution in [0.3, 0.4) is 0 Å². The van der Waals surface area contributed by atoms with E-state index >= 15 is 0 Å². The summed E-state index contributed by atoms with van der Waals surface area (Å²) in [6.45, 7) is 2.92. The Hall–Kier alpha value is -1.11. The summed E-state index contributed by atoms with van der Waals surface area (Å²) in [4.78, 5) is 0. The van der Waals surface area contributed by atoms with Crippen molar-refractivity contribution in [1.82, 2.24) is 15.1 Å². The predicted molar refractivity (Wildman–Crippen MR) is 60.0 cm³/mol. The summed E-state index contributed by atoms with van der Waals surface area (Å²) in [6, 6.07) is 0. The van der Waals surface area contributed by atoms with Gasteiger partial charge in [-0.25, -0.2) is 8.78 Å². The van der Waals surface area contributed by atoms with Crippen LogP contribution in [0, 0.1) is 0 Å². The van der Waals surface area contributed by atoms with Crippen LogP contribution in [-0.4, -0.2) is 28.7 Å². The van der Waals surface area contributed by atoms with E-state index in [1.54, 1.807) is 17.9 Å². The van der Waals surface area contributed by atoms with Gasteiger partial charge in [-0.05, 0) is 5.92 Å². The van der Waals surface area contributed by atoms with Crippen molar-refractivity contribution in [2.75, 3.05) is 6.54 Å². The number of nitrogens with zero attached hydrogens (tertiary/aromatic N) is 2. The van der Waals surface area contributed by atoms with Gasteiger partial charge in [-0.1, -0.05) is 13.8 Å². The van der Waals surface area contributed by atoms with Gasteiger partial charge in [-0.15, -0.1) is 0 Å². The highest BCUT2D eigenvalue weighted by molar-refractivity contribution is 5.19. The molecule has 7 heteroatoms. The van der Waals surface area contributed by atoms with Crippen LogP contribution in [0.1, 0.15) is 31.0 Å².